The number of hydrogen-bond donors (Lipinski definition) is 1. The molecule has 1 heterocycles. The van der Waals surface area contributed by atoms with Crippen LogP contribution >= 0.6 is 0 Å². The Labute approximate surface area is 83.3 Å². The highest BCUT2D eigenvalue weighted by Gasteiger charge is 2.19. The molecule has 76 valence electrons. The lowest BCUT2D eigenvalue weighted by Gasteiger charge is -2.13. The molecule has 4 heteroatoms. The lowest BCUT2D eigenvalue weighted by molar-refractivity contribution is -0.142. The fourth-order valence-electron chi connectivity index (χ4n) is 1.28. The molecule has 0 spiro atoms. The standard InChI is InChI=1S/C10H14N2O2/c1-11-7-9(10(13)14-2)8-3-5-12-6-4-8/h3-6,9,11H,7H2,1-2H3. The van der Waals surface area contributed by atoms with Crippen LogP contribution in [0.5, 0.6) is 0 Å². The van der Waals surface area contributed by atoms with Crippen molar-refractivity contribution in [2.45, 2.75) is 5.92 Å². The number of carbonyl (C=O) groups is 1. The van der Waals surface area contributed by atoms with Crippen LogP contribution < -0.4 is 5.32 Å². The monoisotopic (exact) mass is 194 g/mol. The average Bonchev–Trinajstić information content (AvgIpc) is 2.26. The largest absolute Gasteiger partial charge is 0.469 e. The molecule has 0 saturated carbocycles. The molecule has 14 heavy (non-hydrogen) atoms. The highest BCUT2D eigenvalue weighted by Crippen LogP contribution is 2.15. The Morgan fingerprint density at radius 2 is 2.21 bits per heavy atom. The zero-order valence-electron chi connectivity index (χ0n) is 8.36. The maximum Gasteiger partial charge on any atom is 0.314 e. The normalized spacial score (nSPS) is 12.1. The summed E-state index contributed by atoms with van der Waals surface area (Å²) >= 11 is 0. The number of pyridine rings is 1. The molecule has 0 aliphatic heterocycles. The van der Waals surface area contributed by atoms with E-state index in [0.717, 1.165) is 5.56 Å². The Morgan fingerprint density at radius 3 is 2.71 bits per heavy atom. The van der Waals surface area contributed by atoms with Gasteiger partial charge in [0.2, 0.25) is 0 Å². The van der Waals surface area contributed by atoms with Gasteiger partial charge >= 0.3 is 5.97 Å². The van der Waals surface area contributed by atoms with Gasteiger partial charge in [-0.3, -0.25) is 9.78 Å². The summed E-state index contributed by atoms with van der Waals surface area (Å²) in [7, 11) is 3.20. The number of nitrogens with one attached hydrogen (secondary N) is 1. The zero-order chi connectivity index (χ0) is 10.4. The minimum absolute atomic E-state index is 0.231. The van der Waals surface area contributed by atoms with Crippen LogP contribution in [-0.2, 0) is 9.53 Å². The van der Waals surface area contributed by atoms with Crippen molar-refractivity contribution < 1.29 is 9.53 Å². The number of likely N-dealkylation sites (N-methyl/N-ethyl adjacent to an activating group) is 1. The van der Waals surface area contributed by atoms with Gasteiger partial charge in [-0.1, -0.05) is 0 Å². The molecular weight excluding hydrogens is 180 g/mol. The van der Waals surface area contributed by atoms with Crippen molar-refractivity contribution in [3.05, 3.63) is 30.1 Å². The Morgan fingerprint density at radius 1 is 1.57 bits per heavy atom. The topological polar surface area (TPSA) is 51.2 Å². The van der Waals surface area contributed by atoms with Gasteiger partial charge in [0.25, 0.3) is 0 Å². The van der Waals surface area contributed by atoms with E-state index in [1.54, 1.807) is 19.4 Å². The molecule has 4 nitrogen and oxygen atoms in total. The fraction of sp³-hybridized carbons (Fsp3) is 0.400. The van der Waals surface area contributed by atoms with E-state index in [1.165, 1.54) is 7.11 Å². The molecule has 1 atom stereocenters. The molecule has 0 radical (unpaired) electrons. The molecule has 0 aliphatic carbocycles. The van der Waals surface area contributed by atoms with Crippen molar-refractivity contribution in [1.82, 2.24) is 10.3 Å². The number of carbonyl (C=O) groups excluding carboxylic acids is 1. The number of rotatable bonds is 4. The van der Waals surface area contributed by atoms with E-state index in [0.29, 0.717) is 6.54 Å². The Kier molecular flexibility index (Phi) is 4.07. The van der Waals surface area contributed by atoms with Gasteiger partial charge < -0.3 is 10.1 Å². The van der Waals surface area contributed by atoms with Crippen LogP contribution in [0.1, 0.15) is 11.5 Å². The zero-order valence-corrected chi connectivity index (χ0v) is 8.36. The van der Waals surface area contributed by atoms with Gasteiger partial charge in [-0.15, -0.1) is 0 Å². The lowest BCUT2D eigenvalue weighted by Crippen LogP contribution is -2.25. The lowest BCUT2D eigenvalue weighted by atomic mass is 10.0. The van der Waals surface area contributed by atoms with E-state index in [2.05, 4.69) is 10.3 Å². The SMILES string of the molecule is CNCC(C(=O)OC)c1ccncc1. The first-order valence-electron chi connectivity index (χ1n) is 4.42. The summed E-state index contributed by atoms with van der Waals surface area (Å²) in [5, 5.41) is 2.96. The second-order valence-electron chi connectivity index (χ2n) is 2.91. The molecule has 0 fully saturated rings. The summed E-state index contributed by atoms with van der Waals surface area (Å²) in [4.78, 5) is 15.3. The summed E-state index contributed by atoms with van der Waals surface area (Å²) in [6, 6.07) is 3.64. The minimum Gasteiger partial charge on any atom is -0.469 e. The van der Waals surface area contributed by atoms with Crippen molar-refractivity contribution in [2.24, 2.45) is 0 Å². The second-order valence-corrected chi connectivity index (χ2v) is 2.91. The third-order valence-corrected chi connectivity index (χ3v) is 2.00. The van der Waals surface area contributed by atoms with Crippen LogP contribution in [0.15, 0.2) is 24.5 Å². The minimum atomic E-state index is -0.256. The van der Waals surface area contributed by atoms with Crippen LogP contribution in [-0.4, -0.2) is 31.7 Å². The number of nitrogens with zero attached hydrogens (tertiary/aromatic N) is 1. The molecule has 0 bridgehead atoms. The summed E-state index contributed by atoms with van der Waals surface area (Å²) in [5.41, 5.74) is 0.918. The van der Waals surface area contributed by atoms with E-state index >= 15 is 0 Å². The number of ether oxygens (including phenoxy) is 1. The van der Waals surface area contributed by atoms with Crippen LogP contribution in [0.25, 0.3) is 0 Å². The molecule has 0 saturated heterocycles. The van der Waals surface area contributed by atoms with E-state index in [4.69, 9.17) is 4.74 Å². The molecule has 1 aromatic heterocycles. The van der Waals surface area contributed by atoms with E-state index < -0.39 is 0 Å². The maximum absolute atomic E-state index is 11.4. The van der Waals surface area contributed by atoms with E-state index in [1.807, 2.05) is 12.1 Å². The quantitative estimate of drug-likeness (QED) is 0.711. The summed E-state index contributed by atoms with van der Waals surface area (Å²) in [5.74, 6) is -0.487. The van der Waals surface area contributed by atoms with Crippen molar-refractivity contribution in [3.63, 3.8) is 0 Å². The van der Waals surface area contributed by atoms with Gasteiger partial charge in [0, 0.05) is 18.9 Å². The van der Waals surface area contributed by atoms with Crippen molar-refractivity contribution in [2.75, 3.05) is 20.7 Å². The predicted octanol–water partition coefficient (Wildman–Crippen LogP) is 0.558. The Bertz CT molecular complexity index is 287. The van der Waals surface area contributed by atoms with E-state index in [-0.39, 0.29) is 11.9 Å². The molecule has 1 N–H and O–H groups in total. The van der Waals surface area contributed by atoms with Gasteiger partial charge in [0.1, 0.15) is 0 Å². The first kappa shape index (κ1) is 10.7. The molecule has 0 amide bonds. The molecule has 0 aromatic carbocycles. The number of aromatic nitrogens is 1. The molecular formula is C10H14N2O2. The van der Waals surface area contributed by atoms with Gasteiger partial charge in [0.15, 0.2) is 0 Å². The summed E-state index contributed by atoms with van der Waals surface area (Å²) in [6.45, 7) is 0.566. The van der Waals surface area contributed by atoms with Crippen molar-refractivity contribution in [1.29, 1.82) is 0 Å². The number of esters is 1. The van der Waals surface area contributed by atoms with Crippen LogP contribution in [0.4, 0.5) is 0 Å². The molecule has 1 unspecified atom stereocenters. The van der Waals surface area contributed by atoms with Crippen molar-refractivity contribution in [3.8, 4) is 0 Å². The summed E-state index contributed by atoms with van der Waals surface area (Å²) in [6.07, 6.45) is 3.34. The van der Waals surface area contributed by atoms with Crippen LogP contribution in [0.2, 0.25) is 0 Å². The van der Waals surface area contributed by atoms with Gasteiger partial charge in [-0.05, 0) is 24.7 Å². The third kappa shape index (κ3) is 2.53. The molecule has 1 rings (SSSR count). The van der Waals surface area contributed by atoms with Gasteiger partial charge in [0.05, 0.1) is 13.0 Å². The van der Waals surface area contributed by atoms with Gasteiger partial charge in [-0.25, -0.2) is 0 Å². The Hall–Kier alpha value is -1.42. The smallest absolute Gasteiger partial charge is 0.314 e. The van der Waals surface area contributed by atoms with Gasteiger partial charge in [-0.2, -0.15) is 0 Å². The summed E-state index contributed by atoms with van der Waals surface area (Å²) < 4.78 is 4.72. The van der Waals surface area contributed by atoms with Crippen LogP contribution in [0.3, 0.4) is 0 Å². The highest BCUT2D eigenvalue weighted by molar-refractivity contribution is 5.78. The Balaban J connectivity index is 2.83. The third-order valence-electron chi connectivity index (χ3n) is 2.00. The molecule has 1 aromatic rings. The predicted molar refractivity (Wildman–Crippen MR) is 52.9 cm³/mol. The van der Waals surface area contributed by atoms with Crippen LogP contribution in [0, 0.1) is 0 Å². The van der Waals surface area contributed by atoms with E-state index in [9.17, 15) is 4.79 Å². The first-order chi connectivity index (χ1) is 6.79. The fourth-order valence-corrected chi connectivity index (χ4v) is 1.28. The first-order valence-corrected chi connectivity index (χ1v) is 4.42. The molecule has 0 aliphatic rings. The van der Waals surface area contributed by atoms with Crippen molar-refractivity contribution >= 4 is 5.97 Å². The highest BCUT2D eigenvalue weighted by atomic mass is 16.5. The average molecular weight is 194 g/mol. The second kappa shape index (κ2) is 5.34. The maximum atomic E-state index is 11.4. The number of methoxy groups -OCH3 is 1. The number of hydrogen-bond acceptors (Lipinski definition) is 4.